The Morgan fingerprint density at radius 1 is 0.840 bits per heavy atom. The van der Waals surface area contributed by atoms with Gasteiger partial charge in [-0.15, -0.1) is 0 Å². The summed E-state index contributed by atoms with van der Waals surface area (Å²) in [5, 5.41) is 2.96. The van der Waals surface area contributed by atoms with Crippen LogP contribution in [0.25, 0.3) is 0 Å². The second-order valence-electron chi connectivity index (χ2n) is 5.35. The summed E-state index contributed by atoms with van der Waals surface area (Å²) >= 11 is 0. The van der Waals surface area contributed by atoms with Gasteiger partial charge in [0.15, 0.2) is 11.5 Å². The summed E-state index contributed by atoms with van der Waals surface area (Å²) in [6, 6.07) is 10.5. The zero-order chi connectivity index (χ0) is 18.4. The second kappa shape index (κ2) is 8.28. The molecule has 0 bridgehead atoms. The first kappa shape index (κ1) is 18.4. The van der Waals surface area contributed by atoms with Gasteiger partial charge in [0.05, 0.1) is 34.5 Å². The van der Waals surface area contributed by atoms with E-state index in [9.17, 15) is 4.79 Å². The Balaban J connectivity index is 2.26. The highest BCUT2D eigenvalue weighted by Gasteiger charge is 2.20. The van der Waals surface area contributed by atoms with E-state index in [1.807, 2.05) is 19.1 Å². The Morgan fingerprint density at radius 2 is 1.40 bits per heavy atom. The lowest BCUT2D eigenvalue weighted by Crippen LogP contribution is -2.27. The Morgan fingerprint density at radius 3 is 1.92 bits per heavy atom. The summed E-state index contributed by atoms with van der Waals surface area (Å²) in [5.41, 5.74) is 1.25. The van der Waals surface area contributed by atoms with Crippen LogP contribution < -0.4 is 24.3 Å². The summed E-state index contributed by atoms with van der Waals surface area (Å²) < 4.78 is 21.1. The predicted octanol–water partition coefficient (Wildman–Crippen LogP) is 3.21. The van der Waals surface area contributed by atoms with E-state index < -0.39 is 0 Å². The lowest BCUT2D eigenvalue weighted by atomic mass is 10.1. The number of benzene rings is 2. The lowest BCUT2D eigenvalue weighted by molar-refractivity contribution is 0.0933. The number of carbonyl (C=O) groups excluding carboxylic acids is 1. The number of amides is 1. The molecule has 1 amide bonds. The van der Waals surface area contributed by atoms with Gasteiger partial charge < -0.3 is 24.3 Å². The van der Waals surface area contributed by atoms with Gasteiger partial charge >= 0.3 is 0 Å². The van der Waals surface area contributed by atoms with Gasteiger partial charge in [0.1, 0.15) is 17.1 Å². The molecule has 1 N–H and O–H groups in total. The van der Waals surface area contributed by atoms with E-state index >= 15 is 0 Å². The number of ether oxygens (including phenoxy) is 4. The number of methoxy groups -OCH3 is 4. The molecule has 2 aromatic rings. The largest absolute Gasteiger partial charge is 0.496 e. The zero-order valence-corrected chi connectivity index (χ0v) is 15.1. The lowest BCUT2D eigenvalue weighted by Gasteiger charge is -2.18. The summed E-state index contributed by atoms with van der Waals surface area (Å²) in [7, 11) is 6.19. The maximum atomic E-state index is 12.7. The average Bonchev–Trinajstić information content (AvgIpc) is 2.66. The highest BCUT2D eigenvalue weighted by molar-refractivity contribution is 6.00. The Kier molecular flexibility index (Phi) is 6.11. The molecule has 0 aliphatic carbocycles. The third-order valence-corrected chi connectivity index (χ3v) is 3.91. The average molecular weight is 345 g/mol. The molecule has 0 fully saturated rings. The maximum Gasteiger partial charge on any atom is 0.259 e. The van der Waals surface area contributed by atoms with E-state index in [2.05, 4.69) is 5.32 Å². The normalized spacial score (nSPS) is 11.4. The Hall–Kier alpha value is -2.89. The molecule has 25 heavy (non-hydrogen) atoms. The van der Waals surface area contributed by atoms with Crippen LogP contribution in [-0.4, -0.2) is 34.3 Å². The minimum atomic E-state index is -0.281. The molecule has 6 nitrogen and oxygen atoms in total. The summed E-state index contributed by atoms with van der Waals surface area (Å²) in [4.78, 5) is 12.7. The minimum Gasteiger partial charge on any atom is -0.496 e. The van der Waals surface area contributed by atoms with Crippen molar-refractivity contribution in [2.75, 3.05) is 28.4 Å². The highest BCUT2D eigenvalue weighted by atomic mass is 16.5. The van der Waals surface area contributed by atoms with Crippen molar-refractivity contribution in [3.63, 3.8) is 0 Å². The van der Waals surface area contributed by atoms with Gasteiger partial charge in [0.2, 0.25) is 0 Å². The first-order valence-electron chi connectivity index (χ1n) is 7.79. The number of carbonyl (C=O) groups is 1. The zero-order valence-electron chi connectivity index (χ0n) is 15.1. The number of hydrogen-bond acceptors (Lipinski definition) is 5. The number of nitrogens with one attached hydrogen (secondary N) is 1. The van der Waals surface area contributed by atoms with Crippen molar-refractivity contribution in [3.8, 4) is 23.0 Å². The molecule has 0 radical (unpaired) electrons. The van der Waals surface area contributed by atoms with Crippen LogP contribution in [0.4, 0.5) is 0 Å². The van der Waals surface area contributed by atoms with Crippen LogP contribution >= 0.6 is 0 Å². The third-order valence-electron chi connectivity index (χ3n) is 3.91. The molecule has 0 aromatic heterocycles. The maximum absolute atomic E-state index is 12.7. The van der Waals surface area contributed by atoms with Crippen molar-refractivity contribution in [1.82, 2.24) is 5.32 Å². The van der Waals surface area contributed by atoms with Gasteiger partial charge in [-0.25, -0.2) is 0 Å². The van der Waals surface area contributed by atoms with Crippen LogP contribution in [0.3, 0.4) is 0 Å². The second-order valence-corrected chi connectivity index (χ2v) is 5.35. The molecule has 1 atom stereocenters. The van der Waals surface area contributed by atoms with E-state index in [0.29, 0.717) is 28.6 Å². The smallest absolute Gasteiger partial charge is 0.259 e. The summed E-state index contributed by atoms with van der Waals surface area (Å²) in [5.74, 6) is 1.87. The van der Waals surface area contributed by atoms with E-state index in [-0.39, 0.29) is 11.9 Å². The minimum absolute atomic E-state index is 0.248. The topological polar surface area (TPSA) is 66.0 Å². The molecular formula is C19H23NO5. The standard InChI is InChI=1S/C19H23NO5/c1-12(13-9-10-14(22-2)17(11-13)25-5)20-19(21)18-15(23-3)7-6-8-16(18)24-4/h6-12H,1-5H3,(H,20,21). The van der Waals surface area contributed by atoms with E-state index in [1.165, 1.54) is 14.2 Å². The molecule has 0 spiro atoms. The molecule has 134 valence electrons. The Labute approximate surface area is 147 Å². The molecule has 0 saturated heterocycles. The fourth-order valence-electron chi connectivity index (χ4n) is 2.55. The van der Waals surface area contributed by atoms with Crippen LogP contribution in [0.5, 0.6) is 23.0 Å². The number of rotatable bonds is 7. The quantitative estimate of drug-likeness (QED) is 0.835. The number of hydrogen-bond donors (Lipinski definition) is 1. The molecule has 2 aromatic carbocycles. The van der Waals surface area contributed by atoms with Gasteiger partial charge in [0.25, 0.3) is 5.91 Å². The highest BCUT2D eigenvalue weighted by Crippen LogP contribution is 2.31. The van der Waals surface area contributed by atoms with Crippen LogP contribution in [0.2, 0.25) is 0 Å². The van der Waals surface area contributed by atoms with Gasteiger partial charge in [-0.05, 0) is 36.8 Å². The first-order chi connectivity index (χ1) is 12.0. The van der Waals surface area contributed by atoms with Gasteiger partial charge in [-0.2, -0.15) is 0 Å². The Bertz CT molecular complexity index is 722. The van der Waals surface area contributed by atoms with Gasteiger partial charge in [0, 0.05) is 0 Å². The molecule has 1 unspecified atom stereocenters. The third kappa shape index (κ3) is 3.96. The molecular weight excluding hydrogens is 322 g/mol. The molecule has 0 heterocycles. The molecule has 6 heteroatoms. The van der Waals surface area contributed by atoms with Crippen molar-refractivity contribution in [3.05, 3.63) is 47.5 Å². The first-order valence-corrected chi connectivity index (χ1v) is 7.79. The van der Waals surface area contributed by atoms with E-state index in [4.69, 9.17) is 18.9 Å². The summed E-state index contributed by atoms with van der Waals surface area (Å²) in [6.07, 6.45) is 0. The van der Waals surface area contributed by atoms with Crippen molar-refractivity contribution in [2.24, 2.45) is 0 Å². The van der Waals surface area contributed by atoms with E-state index in [0.717, 1.165) is 5.56 Å². The van der Waals surface area contributed by atoms with E-state index in [1.54, 1.807) is 38.5 Å². The van der Waals surface area contributed by atoms with Crippen LogP contribution in [0, 0.1) is 0 Å². The summed E-state index contributed by atoms with van der Waals surface area (Å²) in [6.45, 7) is 1.89. The van der Waals surface area contributed by atoms with Crippen LogP contribution in [-0.2, 0) is 0 Å². The van der Waals surface area contributed by atoms with Crippen molar-refractivity contribution >= 4 is 5.91 Å². The molecule has 0 saturated carbocycles. The molecule has 2 rings (SSSR count). The molecule has 0 aliphatic rings. The predicted molar refractivity (Wildman–Crippen MR) is 95.0 cm³/mol. The van der Waals surface area contributed by atoms with Crippen LogP contribution in [0.15, 0.2) is 36.4 Å². The van der Waals surface area contributed by atoms with Crippen LogP contribution in [0.1, 0.15) is 28.9 Å². The SMILES string of the molecule is COc1ccc(C(C)NC(=O)c2c(OC)cccc2OC)cc1OC. The van der Waals surface area contributed by atoms with Crippen molar-refractivity contribution in [2.45, 2.75) is 13.0 Å². The fourth-order valence-corrected chi connectivity index (χ4v) is 2.55. The molecule has 0 aliphatic heterocycles. The fraction of sp³-hybridized carbons (Fsp3) is 0.316. The van der Waals surface area contributed by atoms with Crippen molar-refractivity contribution < 1.29 is 23.7 Å². The monoisotopic (exact) mass is 345 g/mol. The van der Waals surface area contributed by atoms with Gasteiger partial charge in [-0.1, -0.05) is 12.1 Å². The van der Waals surface area contributed by atoms with Crippen molar-refractivity contribution in [1.29, 1.82) is 0 Å². The van der Waals surface area contributed by atoms with Gasteiger partial charge in [-0.3, -0.25) is 4.79 Å².